The summed E-state index contributed by atoms with van der Waals surface area (Å²) in [6, 6.07) is 0. The summed E-state index contributed by atoms with van der Waals surface area (Å²) in [5, 5.41) is 8.77. The van der Waals surface area contributed by atoms with E-state index in [1.165, 1.54) is 4.42 Å². The Morgan fingerprint density at radius 3 is 2.62 bits per heavy atom. The Kier molecular flexibility index (Phi) is 1.66. The van der Waals surface area contributed by atoms with E-state index in [1.54, 1.807) is 12.2 Å². The van der Waals surface area contributed by atoms with Gasteiger partial charge in [-0.3, -0.25) is 0 Å². The molecule has 8 heavy (non-hydrogen) atoms. The molecular formula is C6H6OSe. The third-order valence-electron chi connectivity index (χ3n) is 0.952. The molecular weight excluding hydrogens is 167 g/mol. The molecule has 42 valence electrons. The van der Waals surface area contributed by atoms with Gasteiger partial charge in [-0.15, -0.1) is 0 Å². The van der Waals surface area contributed by atoms with Gasteiger partial charge in [-0.05, 0) is 0 Å². The molecule has 0 radical (unpaired) electrons. The Morgan fingerprint density at radius 2 is 2.25 bits per heavy atom. The van der Waals surface area contributed by atoms with Gasteiger partial charge in [0, 0.05) is 0 Å². The summed E-state index contributed by atoms with van der Waals surface area (Å²) in [6.07, 6.45) is 6.15. The van der Waals surface area contributed by atoms with Crippen LogP contribution in [0.4, 0.5) is 0 Å². The number of aliphatic hydroxyl groups is 1. The first-order valence-electron chi connectivity index (χ1n) is 2.39. The fourth-order valence-electron chi connectivity index (χ4n) is 0.520. The number of hydrogen-bond donors (Lipinski definition) is 1. The number of allylic oxidation sites excluding steroid dienone is 3. The number of rotatable bonds is 0. The molecule has 0 aromatic rings. The van der Waals surface area contributed by atoms with E-state index < -0.39 is 0 Å². The molecule has 0 spiro atoms. The Balaban J connectivity index is 2.71. The van der Waals surface area contributed by atoms with Crippen molar-refractivity contribution < 1.29 is 5.11 Å². The summed E-state index contributed by atoms with van der Waals surface area (Å²) < 4.78 is 1.17. The van der Waals surface area contributed by atoms with Crippen molar-refractivity contribution >= 4 is 20.0 Å². The summed E-state index contributed by atoms with van der Waals surface area (Å²) >= 11 is 2.87. The van der Waals surface area contributed by atoms with Crippen LogP contribution in [0.5, 0.6) is 0 Å². The third-order valence-corrected chi connectivity index (χ3v) is 1.59. The molecule has 0 atom stereocenters. The van der Waals surface area contributed by atoms with Crippen molar-refractivity contribution in [2.45, 2.75) is 6.42 Å². The normalized spacial score (nSPS) is 18.5. The van der Waals surface area contributed by atoms with Gasteiger partial charge in [-0.25, -0.2) is 0 Å². The summed E-state index contributed by atoms with van der Waals surface area (Å²) in [6.45, 7) is 0. The molecule has 1 rings (SSSR count). The summed E-state index contributed by atoms with van der Waals surface area (Å²) in [7, 11) is 0. The van der Waals surface area contributed by atoms with Gasteiger partial charge in [0.1, 0.15) is 0 Å². The van der Waals surface area contributed by atoms with Crippen molar-refractivity contribution in [3.05, 3.63) is 24.0 Å². The van der Waals surface area contributed by atoms with Crippen molar-refractivity contribution in [1.29, 1.82) is 0 Å². The van der Waals surface area contributed by atoms with Crippen LogP contribution in [0.2, 0.25) is 0 Å². The molecule has 2 heteroatoms. The molecule has 0 aromatic heterocycles. The molecule has 1 N–H and O–H groups in total. The second-order valence-electron chi connectivity index (χ2n) is 1.63. The SMILES string of the molecule is OC1=CCC(=[Se])C=C1. The van der Waals surface area contributed by atoms with Gasteiger partial charge in [0.05, 0.1) is 0 Å². The topological polar surface area (TPSA) is 20.2 Å². The van der Waals surface area contributed by atoms with E-state index >= 15 is 0 Å². The predicted octanol–water partition coefficient (Wildman–Crippen LogP) is 0.729. The molecule has 0 unspecified atom stereocenters. The average molecular weight is 173 g/mol. The fourth-order valence-corrected chi connectivity index (χ4v) is 0.837. The first-order valence-corrected chi connectivity index (χ1v) is 3.25. The maximum absolute atomic E-state index is 8.77. The zero-order chi connectivity index (χ0) is 5.98. The Hall–Kier alpha value is -0.331. The van der Waals surface area contributed by atoms with Crippen molar-refractivity contribution in [1.82, 2.24) is 0 Å². The van der Waals surface area contributed by atoms with Gasteiger partial charge in [0.25, 0.3) is 0 Å². The molecule has 0 saturated heterocycles. The molecule has 0 heterocycles. The summed E-state index contributed by atoms with van der Waals surface area (Å²) in [5.41, 5.74) is 0. The first-order chi connectivity index (χ1) is 3.79. The monoisotopic (exact) mass is 174 g/mol. The van der Waals surface area contributed by atoms with Crippen molar-refractivity contribution in [3.8, 4) is 0 Å². The second kappa shape index (κ2) is 2.29. The molecule has 0 aromatic carbocycles. The molecule has 1 aliphatic rings. The van der Waals surface area contributed by atoms with Crippen LogP contribution in [0.25, 0.3) is 0 Å². The van der Waals surface area contributed by atoms with Gasteiger partial charge in [0.2, 0.25) is 0 Å². The number of hydrogen-bond acceptors (Lipinski definition) is 1. The van der Waals surface area contributed by atoms with Crippen LogP contribution in [-0.2, 0) is 0 Å². The fraction of sp³-hybridized carbons (Fsp3) is 0.167. The van der Waals surface area contributed by atoms with E-state index in [0.717, 1.165) is 6.42 Å². The van der Waals surface area contributed by atoms with Crippen LogP contribution >= 0.6 is 0 Å². The van der Waals surface area contributed by atoms with Crippen LogP contribution in [0.15, 0.2) is 24.0 Å². The van der Waals surface area contributed by atoms with Crippen LogP contribution < -0.4 is 0 Å². The van der Waals surface area contributed by atoms with Gasteiger partial charge in [-0.2, -0.15) is 0 Å². The van der Waals surface area contributed by atoms with Gasteiger partial charge >= 0.3 is 55.5 Å². The van der Waals surface area contributed by atoms with E-state index in [4.69, 9.17) is 5.11 Å². The van der Waals surface area contributed by atoms with Crippen LogP contribution in [-0.4, -0.2) is 25.1 Å². The van der Waals surface area contributed by atoms with Crippen LogP contribution in [0, 0.1) is 0 Å². The van der Waals surface area contributed by atoms with Crippen LogP contribution in [0.3, 0.4) is 0 Å². The number of aliphatic hydroxyl groups excluding tert-OH is 1. The van der Waals surface area contributed by atoms with E-state index in [0.29, 0.717) is 5.76 Å². The molecule has 0 bridgehead atoms. The summed E-state index contributed by atoms with van der Waals surface area (Å²) in [5.74, 6) is 0.365. The van der Waals surface area contributed by atoms with Crippen molar-refractivity contribution in [3.63, 3.8) is 0 Å². The van der Waals surface area contributed by atoms with E-state index in [9.17, 15) is 0 Å². The molecule has 0 amide bonds. The molecule has 0 aliphatic heterocycles. The van der Waals surface area contributed by atoms with Crippen LogP contribution in [0.1, 0.15) is 6.42 Å². The van der Waals surface area contributed by atoms with Crippen molar-refractivity contribution in [2.75, 3.05) is 0 Å². The second-order valence-corrected chi connectivity index (χ2v) is 2.73. The van der Waals surface area contributed by atoms with Gasteiger partial charge in [0.15, 0.2) is 0 Å². The van der Waals surface area contributed by atoms with E-state index in [2.05, 4.69) is 15.6 Å². The van der Waals surface area contributed by atoms with E-state index in [-0.39, 0.29) is 0 Å². The zero-order valence-corrected chi connectivity index (χ0v) is 6.01. The quantitative estimate of drug-likeness (QED) is 0.535. The minimum atomic E-state index is 0.365. The van der Waals surface area contributed by atoms with Gasteiger partial charge in [-0.1, -0.05) is 0 Å². The maximum atomic E-state index is 8.77. The first kappa shape index (κ1) is 5.80. The molecule has 1 nitrogen and oxygen atoms in total. The Labute approximate surface area is 56.1 Å². The van der Waals surface area contributed by atoms with E-state index in [1.807, 2.05) is 6.08 Å². The Bertz CT molecular complexity index is 165. The van der Waals surface area contributed by atoms with Gasteiger partial charge < -0.3 is 0 Å². The standard InChI is InChI=1S/C6H6OSe/c7-5-1-3-6(8)4-2-5/h1-3,7H,4H2. The molecule has 1 aliphatic carbocycles. The zero-order valence-electron chi connectivity index (χ0n) is 4.29. The average Bonchev–Trinajstić information content (AvgIpc) is 1.77. The predicted molar refractivity (Wildman–Crippen MR) is 35.2 cm³/mol. The Morgan fingerprint density at radius 1 is 1.50 bits per heavy atom. The third kappa shape index (κ3) is 1.32. The van der Waals surface area contributed by atoms with Crippen molar-refractivity contribution in [2.24, 2.45) is 0 Å². The molecule has 0 fully saturated rings. The molecule has 0 saturated carbocycles. The minimum absolute atomic E-state index is 0.365. The summed E-state index contributed by atoms with van der Waals surface area (Å²) in [4.78, 5) is 0.